The maximum absolute atomic E-state index is 12.4. The first-order valence-electron chi connectivity index (χ1n) is 8.37. The Morgan fingerprint density at radius 2 is 1.70 bits per heavy atom. The molecule has 0 saturated heterocycles. The monoisotopic (exact) mass is 382 g/mol. The molecule has 6 nitrogen and oxygen atoms in total. The van der Waals surface area contributed by atoms with Crippen LogP contribution >= 0.6 is 0 Å². The van der Waals surface area contributed by atoms with Gasteiger partial charge in [0, 0.05) is 16.0 Å². The molecule has 0 saturated carbocycles. The first-order valence-corrected chi connectivity index (χ1v) is 9.69. The van der Waals surface area contributed by atoms with Gasteiger partial charge in [-0.15, -0.1) is 0 Å². The van der Waals surface area contributed by atoms with E-state index in [1.165, 1.54) is 0 Å². The summed E-state index contributed by atoms with van der Waals surface area (Å²) >= 11 is 0. The molecule has 27 heavy (non-hydrogen) atoms. The molecule has 0 aliphatic rings. The number of carbonyl (C=O) groups is 2. The predicted molar refractivity (Wildman–Crippen MR) is 103 cm³/mol. The number of pyridine rings is 1. The van der Waals surface area contributed by atoms with Crippen molar-refractivity contribution >= 4 is 33.6 Å². The number of fused-ring (bicyclic) bond motifs is 1. The van der Waals surface area contributed by atoms with E-state index in [1.54, 1.807) is 42.5 Å². The summed E-state index contributed by atoms with van der Waals surface area (Å²) < 4.78 is 12.3. The van der Waals surface area contributed by atoms with Crippen molar-refractivity contribution < 1.29 is 18.9 Å². The third-order valence-electron chi connectivity index (χ3n) is 4.03. The number of rotatable bonds is 7. The van der Waals surface area contributed by atoms with Gasteiger partial charge < -0.3 is 10.4 Å². The van der Waals surface area contributed by atoms with Crippen molar-refractivity contribution in [1.82, 2.24) is 10.3 Å². The molecule has 0 fully saturated rings. The number of benzene rings is 2. The van der Waals surface area contributed by atoms with Crippen LogP contribution in [0.3, 0.4) is 0 Å². The summed E-state index contributed by atoms with van der Waals surface area (Å²) in [6.45, 7) is 0. The molecule has 0 spiro atoms. The molecule has 0 aliphatic carbocycles. The molecule has 1 heterocycles. The largest absolute Gasteiger partial charge is 0.480 e. The number of carboxylic acids is 1. The topological polar surface area (TPSA) is 96.4 Å². The van der Waals surface area contributed by atoms with Gasteiger partial charge in [0.05, 0.1) is 16.3 Å². The minimum Gasteiger partial charge on any atom is -0.480 e. The third kappa shape index (κ3) is 4.77. The summed E-state index contributed by atoms with van der Waals surface area (Å²) in [5, 5.41) is 12.7. The van der Waals surface area contributed by atoms with Gasteiger partial charge in [-0.2, -0.15) is 0 Å². The van der Waals surface area contributed by atoms with Crippen LogP contribution in [0, 0.1) is 0 Å². The van der Waals surface area contributed by atoms with Gasteiger partial charge in [0.25, 0.3) is 5.91 Å². The summed E-state index contributed by atoms with van der Waals surface area (Å²) in [5.41, 5.74) is 0.798. The lowest BCUT2D eigenvalue weighted by Gasteiger charge is -2.14. The quantitative estimate of drug-likeness (QED) is 0.655. The Bertz CT molecular complexity index is 991. The van der Waals surface area contributed by atoms with Crippen molar-refractivity contribution in [2.45, 2.75) is 17.4 Å². The molecule has 0 radical (unpaired) electrons. The highest BCUT2D eigenvalue weighted by Gasteiger charge is 2.22. The van der Waals surface area contributed by atoms with Gasteiger partial charge in [0.1, 0.15) is 11.7 Å². The molecule has 0 bridgehead atoms. The average Bonchev–Trinajstić information content (AvgIpc) is 2.70. The second-order valence-electron chi connectivity index (χ2n) is 5.90. The van der Waals surface area contributed by atoms with E-state index in [0.717, 1.165) is 5.39 Å². The molecule has 1 amide bonds. The second kappa shape index (κ2) is 8.55. The Morgan fingerprint density at radius 3 is 2.44 bits per heavy atom. The van der Waals surface area contributed by atoms with E-state index in [9.17, 15) is 18.9 Å². The van der Waals surface area contributed by atoms with E-state index < -0.39 is 28.7 Å². The molecule has 3 aromatic rings. The SMILES string of the molecule is O=C(N[C@H](CC[S@@](=O)c1ccccc1)C(=O)O)c1ccc2ccccc2n1. The zero-order valence-corrected chi connectivity index (χ0v) is 15.2. The lowest BCUT2D eigenvalue weighted by Crippen LogP contribution is -2.41. The Morgan fingerprint density at radius 1 is 1.00 bits per heavy atom. The van der Waals surface area contributed by atoms with Crippen LogP contribution in [0.4, 0.5) is 0 Å². The van der Waals surface area contributed by atoms with Gasteiger partial charge >= 0.3 is 5.97 Å². The molecule has 2 N–H and O–H groups in total. The lowest BCUT2D eigenvalue weighted by atomic mass is 10.2. The van der Waals surface area contributed by atoms with Crippen molar-refractivity contribution in [2.75, 3.05) is 5.75 Å². The molecule has 2 atom stereocenters. The van der Waals surface area contributed by atoms with Gasteiger partial charge in [-0.3, -0.25) is 9.00 Å². The zero-order chi connectivity index (χ0) is 19.2. The minimum absolute atomic E-state index is 0.0517. The van der Waals surface area contributed by atoms with E-state index in [0.29, 0.717) is 10.4 Å². The summed E-state index contributed by atoms with van der Waals surface area (Å²) in [6.07, 6.45) is 0.0517. The normalized spacial score (nSPS) is 13.0. The van der Waals surface area contributed by atoms with Crippen molar-refractivity contribution in [2.24, 2.45) is 0 Å². The highest BCUT2D eigenvalue weighted by atomic mass is 32.2. The lowest BCUT2D eigenvalue weighted by molar-refractivity contribution is -0.139. The highest BCUT2D eigenvalue weighted by Crippen LogP contribution is 2.12. The van der Waals surface area contributed by atoms with Crippen LogP contribution in [0.25, 0.3) is 10.9 Å². The number of hydrogen-bond acceptors (Lipinski definition) is 4. The smallest absolute Gasteiger partial charge is 0.326 e. The van der Waals surface area contributed by atoms with Crippen LogP contribution in [0.2, 0.25) is 0 Å². The third-order valence-corrected chi connectivity index (χ3v) is 5.44. The van der Waals surface area contributed by atoms with Crippen LogP contribution in [0.1, 0.15) is 16.9 Å². The minimum atomic E-state index is -1.33. The maximum Gasteiger partial charge on any atom is 0.326 e. The summed E-state index contributed by atoms with van der Waals surface area (Å²) in [5.74, 6) is -1.61. The first-order chi connectivity index (χ1) is 13.0. The highest BCUT2D eigenvalue weighted by molar-refractivity contribution is 7.85. The van der Waals surface area contributed by atoms with Gasteiger partial charge in [-0.1, -0.05) is 42.5 Å². The molecule has 1 aromatic heterocycles. The predicted octanol–water partition coefficient (Wildman–Crippen LogP) is 2.62. The van der Waals surface area contributed by atoms with Gasteiger partial charge in [-0.05, 0) is 30.7 Å². The second-order valence-corrected chi connectivity index (χ2v) is 7.48. The number of hydrogen-bond donors (Lipinski definition) is 2. The zero-order valence-electron chi connectivity index (χ0n) is 14.4. The maximum atomic E-state index is 12.4. The van der Waals surface area contributed by atoms with Crippen molar-refractivity contribution in [3.05, 3.63) is 72.4 Å². The average molecular weight is 382 g/mol. The van der Waals surface area contributed by atoms with Crippen molar-refractivity contribution in [3.8, 4) is 0 Å². The summed E-state index contributed by atoms with van der Waals surface area (Å²) in [6, 6.07) is 18.3. The molecule has 7 heteroatoms. The van der Waals surface area contributed by atoms with Crippen LogP contribution in [0.15, 0.2) is 71.6 Å². The van der Waals surface area contributed by atoms with E-state index >= 15 is 0 Å². The van der Waals surface area contributed by atoms with Crippen LogP contribution in [-0.4, -0.2) is 38.0 Å². The van der Waals surface area contributed by atoms with Crippen molar-refractivity contribution in [1.29, 1.82) is 0 Å². The van der Waals surface area contributed by atoms with E-state index in [4.69, 9.17) is 0 Å². The number of nitrogens with one attached hydrogen (secondary N) is 1. The van der Waals surface area contributed by atoms with Gasteiger partial charge in [0.15, 0.2) is 0 Å². The van der Waals surface area contributed by atoms with E-state index in [1.807, 2.05) is 24.3 Å². The van der Waals surface area contributed by atoms with Crippen LogP contribution in [0.5, 0.6) is 0 Å². The number of amides is 1. The number of aliphatic carboxylic acids is 1. The van der Waals surface area contributed by atoms with Gasteiger partial charge in [-0.25, -0.2) is 9.78 Å². The summed E-state index contributed by atoms with van der Waals surface area (Å²) in [7, 11) is -1.33. The number of carbonyl (C=O) groups excluding carboxylic acids is 1. The Hall–Kier alpha value is -3.06. The molecule has 3 rings (SSSR count). The number of para-hydroxylation sites is 1. The van der Waals surface area contributed by atoms with Gasteiger partial charge in [0.2, 0.25) is 0 Å². The van der Waals surface area contributed by atoms with E-state index in [-0.39, 0.29) is 17.9 Å². The first kappa shape index (κ1) is 18.7. The molecule has 0 unspecified atom stereocenters. The Kier molecular flexibility index (Phi) is 5.93. The summed E-state index contributed by atoms with van der Waals surface area (Å²) in [4.78, 5) is 28.8. The van der Waals surface area contributed by atoms with Crippen LogP contribution < -0.4 is 5.32 Å². The number of aromatic nitrogens is 1. The Labute approximate surface area is 158 Å². The van der Waals surface area contributed by atoms with Crippen LogP contribution in [-0.2, 0) is 15.6 Å². The van der Waals surface area contributed by atoms with E-state index in [2.05, 4.69) is 10.3 Å². The Balaban J connectivity index is 1.67. The standard InChI is InChI=1S/C20H18N2O4S/c23-19(17-11-10-14-6-4-5-9-16(14)21-17)22-18(20(24)25)12-13-27(26)15-7-2-1-3-8-15/h1-11,18H,12-13H2,(H,22,23)(H,24,25)/t18-,27-/m1/s1. The fraction of sp³-hybridized carbons (Fsp3) is 0.150. The number of carboxylic acid groups (broad SMARTS) is 1. The fourth-order valence-electron chi connectivity index (χ4n) is 2.60. The molecular weight excluding hydrogens is 364 g/mol. The molecule has 138 valence electrons. The fourth-order valence-corrected chi connectivity index (χ4v) is 3.74. The molecule has 0 aliphatic heterocycles. The molecular formula is C20H18N2O4S. The van der Waals surface area contributed by atoms with Crippen molar-refractivity contribution in [3.63, 3.8) is 0 Å². The molecule has 2 aromatic carbocycles. The number of nitrogens with zero attached hydrogens (tertiary/aromatic N) is 1.